The Bertz CT molecular complexity index is 1510. The minimum Gasteiger partial charge on any atom is -0.497 e. The van der Waals surface area contributed by atoms with Gasteiger partial charge in [0.05, 0.1) is 12.8 Å². The molecule has 0 aromatic heterocycles. The van der Waals surface area contributed by atoms with Crippen molar-refractivity contribution >= 4 is 34.2 Å². The summed E-state index contributed by atoms with van der Waals surface area (Å²) < 4.78 is 5.39. The van der Waals surface area contributed by atoms with Crippen LogP contribution in [0.2, 0.25) is 0 Å². The number of nitrogens with zero attached hydrogens (tertiary/aromatic N) is 2. The number of amides is 3. The summed E-state index contributed by atoms with van der Waals surface area (Å²) in [6, 6.07) is 27.6. The summed E-state index contributed by atoms with van der Waals surface area (Å²) in [5.41, 5.74) is 3.05. The van der Waals surface area contributed by atoms with Gasteiger partial charge in [0.25, 0.3) is 5.91 Å². The molecular formula is C32H31N3O4. The molecular weight excluding hydrogens is 490 g/mol. The van der Waals surface area contributed by atoms with E-state index in [1.807, 2.05) is 91.9 Å². The molecule has 0 aliphatic carbocycles. The number of likely N-dealkylation sites (N-methyl/N-ethyl adjacent to an activating group) is 1. The van der Waals surface area contributed by atoms with Crippen LogP contribution in [-0.4, -0.2) is 48.9 Å². The van der Waals surface area contributed by atoms with E-state index in [0.29, 0.717) is 30.0 Å². The molecule has 0 radical (unpaired) electrons. The van der Waals surface area contributed by atoms with Gasteiger partial charge in [0, 0.05) is 30.5 Å². The Morgan fingerprint density at radius 1 is 0.923 bits per heavy atom. The fraction of sp³-hybridized carbons (Fsp3) is 0.219. The topological polar surface area (TPSA) is 79.0 Å². The van der Waals surface area contributed by atoms with Crippen LogP contribution in [-0.2, 0) is 22.6 Å². The minimum absolute atomic E-state index is 0.179. The number of hydrogen-bond acceptors (Lipinski definition) is 4. The minimum atomic E-state index is -0.776. The molecule has 0 bridgehead atoms. The summed E-state index contributed by atoms with van der Waals surface area (Å²) in [4.78, 5) is 44.1. The van der Waals surface area contributed by atoms with E-state index in [1.54, 1.807) is 18.1 Å². The summed E-state index contributed by atoms with van der Waals surface area (Å²) in [6.45, 7) is 2.30. The smallest absolute Gasteiger partial charge is 0.259 e. The summed E-state index contributed by atoms with van der Waals surface area (Å²) >= 11 is 0. The Balaban J connectivity index is 1.51. The molecule has 0 spiro atoms. The molecule has 4 aromatic rings. The van der Waals surface area contributed by atoms with Crippen molar-refractivity contribution in [2.75, 3.05) is 25.1 Å². The zero-order chi connectivity index (χ0) is 27.4. The van der Waals surface area contributed by atoms with Crippen molar-refractivity contribution in [1.82, 2.24) is 10.2 Å². The first kappa shape index (κ1) is 26.0. The summed E-state index contributed by atoms with van der Waals surface area (Å²) in [5.74, 6) is -0.109. The fourth-order valence-corrected chi connectivity index (χ4v) is 5.18. The normalized spacial score (nSPS) is 12.9. The van der Waals surface area contributed by atoms with E-state index in [9.17, 15) is 14.4 Å². The average molecular weight is 522 g/mol. The number of benzene rings is 4. The number of methoxy groups -OCH3 is 1. The lowest BCUT2D eigenvalue weighted by Crippen LogP contribution is -2.53. The van der Waals surface area contributed by atoms with Crippen molar-refractivity contribution in [2.45, 2.75) is 25.9 Å². The maximum atomic E-state index is 14.1. The first-order valence-corrected chi connectivity index (χ1v) is 13.1. The lowest BCUT2D eigenvalue weighted by molar-refractivity contribution is -0.140. The van der Waals surface area contributed by atoms with E-state index in [1.165, 1.54) is 4.90 Å². The molecule has 39 heavy (non-hydrogen) atoms. The zero-order valence-electron chi connectivity index (χ0n) is 22.1. The second kappa shape index (κ2) is 11.4. The Labute approximate surface area is 228 Å². The van der Waals surface area contributed by atoms with Gasteiger partial charge in [-0.15, -0.1) is 0 Å². The SMILES string of the molecule is CCNC(=O)C(Cc1ccccc1)N(Cc1cccc(OC)c1)C(=O)CN1C(=O)c2cccc3cccc1c23. The highest BCUT2D eigenvalue weighted by molar-refractivity contribution is 6.26. The third-order valence-corrected chi connectivity index (χ3v) is 7.05. The number of anilines is 1. The highest BCUT2D eigenvalue weighted by Gasteiger charge is 2.35. The van der Waals surface area contributed by atoms with Gasteiger partial charge in [-0.1, -0.05) is 66.7 Å². The Kier molecular flexibility index (Phi) is 7.59. The van der Waals surface area contributed by atoms with Crippen LogP contribution in [0.15, 0.2) is 91.0 Å². The van der Waals surface area contributed by atoms with Crippen LogP contribution in [0.1, 0.15) is 28.4 Å². The molecule has 1 heterocycles. The maximum Gasteiger partial charge on any atom is 0.259 e. The molecule has 198 valence electrons. The molecule has 1 N–H and O–H groups in total. The van der Waals surface area contributed by atoms with Gasteiger partial charge in [-0.25, -0.2) is 0 Å². The van der Waals surface area contributed by atoms with Crippen molar-refractivity contribution in [3.63, 3.8) is 0 Å². The molecule has 3 amide bonds. The van der Waals surface area contributed by atoms with Crippen LogP contribution < -0.4 is 15.0 Å². The highest BCUT2D eigenvalue weighted by Crippen LogP contribution is 2.37. The van der Waals surface area contributed by atoms with E-state index in [2.05, 4.69) is 5.32 Å². The summed E-state index contributed by atoms with van der Waals surface area (Å²) in [6.07, 6.45) is 0.339. The Hall–Kier alpha value is -4.65. The molecule has 0 saturated heterocycles. The highest BCUT2D eigenvalue weighted by atomic mass is 16.5. The van der Waals surface area contributed by atoms with Crippen LogP contribution in [0.25, 0.3) is 10.8 Å². The molecule has 5 rings (SSSR count). The van der Waals surface area contributed by atoms with Crippen LogP contribution in [0.5, 0.6) is 5.75 Å². The number of rotatable bonds is 10. The Morgan fingerprint density at radius 2 is 1.64 bits per heavy atom. The summed E-state index contributed by atoms with van der Waals surface area (Å²) in [7, 11) is 1.59. The van der Waals surface area contributed by atoms with Gasteiger partial charge in [0.1, 0.15) is 18.3 Å². The number of carbonyl (C=O) groups excluding carboxylic acids is 3. The predicted molar refractivity (Wildman–Crippen MR) is 152 cm³/mol. The third-order valence-electron chi connectivity index (χ3n) is 7.05. The van der Waals surface area contributed by atoms with Crippen LogP contribution in [0.4, 0.5) is 5.69 Å². The first-order chi connectivity index (χ1) is 19.0. The number of ether oxygens (including phenoxy) is 1. The van der Waals surface area contributed by atoms with E-state index in [-0.39, 0.29) is 30.8 Å². The molecule has 1 aliphatic rings. The second-order valence-electron chi connectivity index (χ2n) is 9.55. The number of nitrogens with one attached hydrogen (secondary N) is 1. The molecule has 7 heteroatoms. The zero-order valence-corrected chi connectivity index (χ0v) is 22.1. The van der Waals surface area contributed by atoms with Crippen molar-refractivity contribution in [3.05, 3.63) is 108 Å². The van der Waals surface area contributed by atoms with Crippen molar-refractivity contribution in [3.8, 4) is 5.75 Å². The largest absolute Gasteiger partial charge is 0.497 e. The van der Waals surface area contributed by atoms with Gasteiger partial charge >= 0.3 is 0 Å². The predicted octanol–water partition coefficient (Wildman–Crippen LogP) is 4.58. The third kappa shape index (κ3) is 5.34. The number of carbonyl (C=O) groups is 3. The van der Waals surface area contributed by atoms with Gasteiger partial charge in [-0.2, -0.15) is 0 Å². The van der Waals surface area contributed by atoms with Gasteiger partial charge in [-0.05, 0) is 47.7 Å². The second-order valence-corrected chi connectivity index (χ2v) is 9.55. The first-order valence-electron chi connectivity index (χ1n) is 13.1. The lowest BCUT2D eigenvalue weighted by Gasteiger charge is -2.33. The molecule has 0 fully saturated rings. The van der Waals surface area contributed by atoms with E-state index in [4.69, 9.17) is 4.74 Å². The monoisotopic (exact) mass is 521 g/mol. The van der Waals surface area contributed by atoms with Gasteiger partial charge < -0.3 is 15.0 Å². The number of hydrogen-bond donors (Lipinski definition) is 1. The molecule has 1 atom stereocenters. The average Bonchev–Trinajstić information content (AvgIpc) is 3.23. The van der Waals surface area contributed by atoms with Crippen LogP contribution in [0, 0.1) is 0 Å². The van der Waals surface area contributed by atoms with Crippen LogP contribution in [0.3, 0.4) is 0 Å². The van der Waals surface area contributed by atoms with Gasteiger partial charge in [-0.3, -0.25) is 19.3 Å². The van der Waals surface area contributed by atoms with E-state index >= 15 is 0 Å². The van der Waals surface area contributed by atoms with Crippen LogP contribution >= 0.6 is 0 Å². The van der Waals surface area contributed by atoms with Gasteiger partial charge in [0.2, 0.25) is 11.8 Å². The van der Waals surface area contributed by atoms with E-state index < -0.39 is 6.04 Å². The van der Waals surface area contributed by atoms with Gasteiger partial charge in [0.15, 0.2) is 0 Å². The van der Waals surface area contributed by atoms with E-state index in [0.717, 1.165) is 21.9 Å². The van der Waals surface area contributed by atoms with Crippen molar-refractivity contribution in [1.29, 1.82) is 0 Å². The quantitative estimate of drug-likeness (QED) is 0.331. The lowest BCUT2D eigenvalue weighted by atomic mass is 10.0. The molecule has 7 nitrogen and oxygen atoms in total. The van der Waals surface area contributed by atoms with Crippen molar-refractivity contribution < 1.29 is 19.1 Å². The van der Waals surface area contributed by atoms with Crippen molar-refractivity contribution in [2.24, 2.45) is 0 Å². The molecule has 1 unspecified atom stereocenters. The molecule has 0 saturated carbocycles. The molecule has 1 aliphatic heterocycles. The molecule has 4 aromatic carbocycles. The maximum absolute atomic E-state index is 14.1. The summed E-state index contributed by atoms with van der Waals surface area (Å²) in [5, 5.41) is 4.70. The fourth-order valence-electron chi connectivity index (χ4n) is 5.18. The standard InChI is InChI=1S/C32H31N3O4/c1-3-33-31(37)28(19-22-10-5-4-6-11-22)34(20-23-12-7-15-25(18-23)39-2)29(36)21-35-27-17-9-14-24-13-8-16-26(30(24)27)32(35)38/h4-18,28H,3,19-21H2,1-2H3,(H,33,37). The Morgan fingerprint density at radius 3 is 2.38 bits per heavy atom.